The quantitative estimate of drug-likeness (QED) is 0.467. The van der Waals surface area contributed by atoms with Crippen molar-refractivity contribution in [3.05, 3.63) is 72.6 Å². The predicted octanol–water partition coefficient (Wildman–Crippen LogP) is 3.30. The van der Waals surface area contributed by atoms with Crippen molar-refractivity contribution in [2.24, 2.45) is 0 Å². The highest BCUT2D eigenvalue weighted by Gasteiger charge is 2.23. The van der Waals surface area contributed by atoms with Gasteiger partial charge in [-0.1, -0.05) is 29.5 Å². The molecule has 29 heavy (non-hydrogen) atoms. The second kappa shape index (κ2) is 6.10. The fourth-order valence-corrected chi connectivity index (χ4v) is 3.97. The van der Waals surface area contributed by atoms with E-state index in [-0.39, 0.29) is 5.82 Å². The third kappa shape index (κ3) is 2.42. The Morgan fingerprint density at radius 3 is 2.76 bits per heavy atom. The van der Waals surface area contributed by atoms with Crippen LogP contribution in [0.4, 0.5) is 10.2 Å². The van der Waals surface area contributed by atoms with E-state index < -0.39 is 0 Å². The molecule has 0 aliphatic carbocycles. The molecule has 1 aliphatic heterocycles. The van der Waals surface area contributed by atoms with Gasteiger partial charge < -0.3 is 9.47 Å². The highest BCUT2D eigenvalue weighted by Crippen LogP contribution is 2.32. The van der Waals surface area contributed by atoms with Crippen molar-refractivity contribution in [3.8, 4) is 11.3 Å². The van der Waals surface area contributed by atoms with Crippen LogP contribution >= 0.6 is 0 Å². The van der Waals surface area contributed by atoms with Gasteiger partial charge in [-0.2, -0.15) is 4.52 Å². The van der Waals surface area contributed by atoms with Gasteiger partial charge in [-0.15, -0.1) is 5.10 Å². The molecule has 0 saturated heterocycles. The van der Waals surface area contributed by atoms with Gasteiger partial charge in [0, 0.05) is 36.4 Å². The molecule has 0 N–H and O–H groups in total. The number of nitrogens with zero attached hydrogens (tertiary/aromatic N) is 7. The van der Waals surface area contributed by atoms with E-state index in [4.69, 9.17) is 4.98 Å². The molecule has 4 heterocycles. The van der Waals surface area contributed by atoms with E-state index in [2.05, 4.69) is 24.8 Å². The van der Waals surface area contributed by atoms with Crippen molar-refractivity contribution in [3.63, 3.8) is 0 Å². The minimum absolute atomic E-state index is 0.341. The number of anilines is 1. The monoisotopic (exact) mass is 385 g/mol. The zero-order chi connectivity index (χ0) is 19.4. The Bertz CT molecular complexity index is 1370. The molecule has 0 radical (unpaired) electrons. The van der Waals surface area contributed by atoms with E-state index in [1.807, 2.05) is 36.7 Å². The first-order valence-corrected chi connectivity index (χ1v) is 9.43. The van der Waals surface area contributed by atoms with E-state index in [0.29, 0.717) is 23.4 Å². The molecule has 1 aliphatic rings. The Labute approximate surface area is 165 Å². The lowest BCUT2D eigenvalue weighted by Crippen LogP contribution is -2.34. The van der Waals surface area contributed by atoms with Crippen LogP contribution in [0.3, 0.4) is 0 Å². The number of hydrogen-bond acceptors (Lipinski definition) is 5. The first kappa shape index (κ1) is 16.2. The zero-order valence-electron chi connectivity index (χ0n) is 15.4. The van der Waals surface area contributed by atoms with Crippen LogP contribution in [0.15, 0.2) is 60.9 Å². The molecule has 0 bridgehead atoms. The maximum atomic E-state index is 14.5. The summed E-state index contributed by atoms with van der Waals surface area (Å²) in [7, 11) is 0. The topological polar surface area (TPSA) is 64.1 Å². The largest absolute Gasteiger partial charge is 0.347 e. The fourth-order valence-electron chi connectivity index (χ4n) is 3.97. The number of hydrogen-bond donors (Lipinski definition) is 0. The molecule has 0 amide bonds. The highest BCUT2D eigenvalue weighted by atomic mass is 19.1. The van der Waals surface area contributed by atoms with Crippen LogP contribution in [0.2, 0.25) is 0 Å². The lowest BCUT2D eigenvalue weighted by molar-refractivity contribution is 0.557. The van der Waals surface area contributed by atoms with Gasteiger partial charge in [-0.3, -0.25) is 0 Å². The Hall–Kier alpha value is -3.81. The van der Waals surface area contributed by atoms with Crippen molar-refractivity contribution >= 4 is 22.4 Å². The van der Waals surface area contributed by atoms with Crippen molar-refractivity contribution in [1.29, 1.82) is 0 Å². The van der Waals surface area contributed by atoms with Crippen LogP contribution in [0, 0.1) is 5.82 Å². The Morgan fingerprint density at radius 2 is 1.83 bits per heavy atom. The van der Waals surface area contributed by atoms with E-state index in [1.54, 1.807) is 22.7 Å². The number of benzene rings is 2. The Balaban J connectivity index is 1.60. The average molecular weight is 385 g/mol. The van der Waals surface area contributed by atoms with Gasteiger partial charge in [0.15, 0.2) is 5.65 Å². The van der Waals surface area contributed by atoms with Gasteiger partial charge in [0.2, 0.25) is 0 Å². The lowest BCUT2D eigenvalue weighted by Gasteiger charge is -2.29. The van der Waals surface area contributed by atoms with Crippen molar-refractivity contribution in [1.82, 2.24) is 29.4 Å². The molecule has 8 heteroatoms. The van der Waals surface area contributed by atoms with Crippen molar-refractivity contribution < 1.29 is 4.39 Å². The summed E-state index contributed by atoms with van der Waals surface area (Å²) in [6.45, 7) is 2.32. The molecule has 6 rings (SSSR count). The molecule has 0 saturated carbocycles. The lowest BCUT2D eigenvalue weighted by atomic mass is 10.1. The maximum Gasteiger partial charge on any atom is 0.186 e. The normalized spacial score (nSPS) is 13.9. The van der Waals surface area contributed by atoms with Gasteiger partial charge in [0.1, 0.15) is 23.2 Å². The third-order valence-corrected chi connectivity index (χ3v) is 5.40. The average Bonchev–Trinajstić information content (AvgIpc) is 3.40. The predicted molar refractivity (Wildman–Crippen MR) is 107 cm³/mol. The zero-order valence-corrected chi connectivity index (χ0v) is 15.4. The van der Waals surface area contributed by atoms with E-state index in [1.165, 1.54) is 6.07 Å². The molecule has 3 aromatic heterocycles. The summed E-state index contributed by atoms with van der Waals surface area (Å²) in [6, 6.07) is 14.5. The molecular formula is C21H16FN7. The minimum Gasteiger partial charge on any atom is -0.347 e. The van der Waals surface area contributed by atoms with Crippen LogP contribution in [-0.2, 0) is 13.1 Å². The molecule has 5 aromatic rings. The number of halogens is 1. The number of imidazole rings is 1. The molecular weight excluding hydrogens is 369 g/mol. The first-order valence-electron chi connectivity index (χ1n) is 9.43. The molecule has 0 unspecified atom stereocenters. The van der Waals surface area contributed by atoms with E-state index >= 15 is 0 Å². The third-order valence-electron chi connectivity index (χ3n) is 5.40. The second-order valence-corrected chi connectivity index (χ2v) is 7.06. The van der Waals surface area contributed by atoms with E-state index in [0.717, 1.165) is 35.6 Å². The van der Waals surface area contributed by atoms with Crippen molar-refractivity contribution in [2.45, 2.75) is 13.1 Å². The van der Waals surface area contributed by atoms with Gasteiger partial charge in [-0.05, 0) is 24.3 Å². The summed E-state index contributed by atoms with van der Waals surface area (Å²) >= 11 is 0. The Morgan fingerprint density at radius 1 is 0.966 bits per heavy atom. The van der Waals surface area contributed by atoms with Crippen molar-refractivity contribution in [2.75, 3.05) is 11.4 Å². The summed E-state index contributed by atoms with van der Waals surface area (Å²) in [5.74, 6) is 1.50. The van der Waals surface area contributed by atoms with Crippen LogP contribution in [-0.4, -0.2) is 35.9 Å². The molecule has 7 nitrogen and oxygen atoms in total. The van der Waals surface area contributed by atoms with Crippen LogP contribution in [0.25, 0.3) is 27.8 Å². The SMILES string of the molecule is Fc1ccccc1-c1nnn2c1nc(N1CCn3ccnc3C1)c1ccccc12. The van der Waals surface area contributed by atoms with Gasteiger partial charge >= 0.3 is 0 Å². The molecule has 0 spiro atoms. The summed E-state index contributed by atoms with van der Waals surface area (Å²) in [4.78, 5) is 11.6. The van der Waals surface area contributed by atoms with Gasteiger partial charge in [0.25, 0.3) is 0 Å². The number of aromatic nitrogens is 6. The maximum absolute atomic E-state index is 14.5. The fraction of sp³-hybridized carbons (Fsp3) is 0.143. The number of para-hydroxylation sites is 1. The summed E-state index contributed by atoms with van der Waals surface area (Å²) < 4.78 is 18.3. The van der Waals surface area contributed by atoms with Gasteiger partial charge in [0.05, 0.1) is 12.1 Å². The number of rotatable bonds is 2. The Kier molecular flexibility index (Phi) is 3.40. The summed E-state index contributed by atoms with van der Waals surface area (Å²) in [5.41, 5.74) is 2.26. The summed E-state index contributed by atoms with van der Waals surface area (Å²) in [6.07, 6.45) is 3.82. The molecule has 142 valence electrons. The summed E-state index contributed by atoms with van der Waals surface area (Å²) in [5, 5.41) is 9.52. The minimum atomic E-state index is -0.341. The standard InChI is InChI=1S/C21H16FN7/c22-16-7-3-1-5-14(16)19-21-24-20(28-12-11-27-10-9-23-18(27)13-28)15-6-2-4-8-17(15)29(21)26-25-19/h1-10H,11-13H2. The molecule has 0 fully saturated rings. The van der Waals surface area contributed by atoms with E-state index in [9.17, 15) is 4.39 Å². The molecule has 0 atom stereocenters. The number of fused-ring (bicyclic) bond motifs is 4. The van der Waals surface area contributed by atoms with Crippen LogP contribution in [0.5, 0.6) is 0 Å². The highest BCUT2D eigenvalue weighted by molar-refractivity contribution is 5.93. The van der Waals surface area contributed by atoms with Crippen LogP contribution < -0.4 is 4.90 Å². The van der Waals surface area contributed by atoms with Crippen LogP contribution in [0.1, 0.15) is 5.82 Å². The van der Waals surface area contributed by atoms with Gasteiger partial charge in [-0.25, -0.2) is 14.4 Å². The second-order valence-electron chi connectivity index (χ2n) is 7.06. The smallest absolute Gasteiger partial charge is 0.186 e. The first-order chi connectivity index (χ1) is 14.3. The molecule has 2 aromatic carbocycles.